The molecule has 0 N–H and O–H groups in total. The van der Waals surface area contributed by atoms with Gasteiger partial charge < -0.3 is 4.42 Å². The Morgan fingerprint density at radius 1 is 0.351 bits per heavy atom. The van der Waals surface area contributed by atoms with Crippen molar-refractivity contribution < 1.29 is 4.42 Å². The molecule has 3 heterocycles. The van der Waals surface area contributed by atoms with Gasteiger partial charge in [0, 0.05) is 38.6 Å². The molecule has 0 amide bonds. The van der Waals surface area contributed by atoms with Crippen LogP contribution < -0.4 is 0 Å². The van der Waals surface area contributed by atoms with E-state index < -0.39 is 0 Å². The maximum atomic E-state index is 7.27. The van der Waals surface area contributed by atoms with Crippen molar-refractivity contribution in [2.24, 2.45) is 0 Å². The Balaban J connectivity index is 1.08. The topological polar surface area (TPSA) is 94.8 Å². The van der Waals surface area contributed by atoms with Crippen molar-refractivity contribution in [1.82, 2.24) is 29.9 Å². The monoisotopic (exact) mass is 731 g/mol. The molecule has 266 valence electrons. The lowest BCUT2D eigenvalue weighted by Gasteiger charge is -2.09. The van der Waals surface area contributed by atoms with Gasteiger partial charge in [-0.15, -0.1) is 0 Å². The molecule has 0 radical (unpaired) electrons. The van der Waals surface area contributed by atoms with Crippen LogP contribution in [0.5, 0.6) is 0 Å². The first-order valence-corrected chi connectivity index (χ1v) is 18.4. The number of furan rings is 1. The summed E-state index contributed by atoms with van der Waals surface area (Å²) in [5, 5.41) is 1.89. The van der Waals surface area contributed by atoms with Gasteiger partial charge in [-0.1, -0.05) is 158 Å². The number of hydrogen-bond acceptors (Lipinski definition) is 7. The second kappa shape index (κ2) is 14.3. The average molecular weight is 732 g/mol. The van der Waals surface area contributed by atoms with Gasteiger partial charge in [0.15, 0.2) is 40.6 Å². The Morgan fingerprint density at radius 3 is 1.28 bits per heavy atom. The highest BCUT2D eigenvalue weighted by atomic mass is 16.3. The van der Waals surface area contributed by atoms with Crippen molar-refractivity contribution in [3.63, 3.8) is 0 Å². The van der Waals surface area contributed by atoms with Crippen molar-refractivity contribution in [3.8, 4) is 79.5 Å². The summed E-state index contributed by atoms with van der Waals surface area (Å²) in [7, 11) is 0. The summed E-state index contributed by atoms with van der Waals surface area (Å²) in [6, 6.07) is 57.6. The molecule has 0 unspecified atom stereocenters. The molecule has 0 saturated heterocycles. The van der Waals surface area contributed by atoms with Gasteiger partial charge in [-0.3, -0.25) is 0 Å². The first-order valence-electron chi connectivity index (χ1n) is 18.4. The molecule has 3 aromatic heterocycles. The third kappa shape index (κ3) is 6.45. The molecule has 8 nitrogen and oxygen atoms in total. The minimum absolute atomic E-state index is 0.500. The number of hydrogen-bond donors (Lipinski definition) is 0. The number of nitrogens with zero attached hydrogens (tertiary/aromatic N) is 7. The molecule has 10 aromatic rings. The minimum atomic E-state index is 0.500. The summed E-state index contributed by atoms with van der Waals surface area (Å²) in [5.74, 6) is 3.34. The van der Waals surface area contributed by atoms with Crippen molar-refractivity contribution >= 4 is 27.6 Å². The average Bonchev–Trinajstić information content (AvgIpc) is 3.68. The predicted octanol–water partition coefficient (Wildman–Crippen LogP) is 12.2. The zero-order valence-electron chi connectivity index (χ0n) is 30.3. The highest BCUT2D eigenvalue weighted by molar-refractivity contribution is 6.09. The van der Waals surface area contributed by atoms with Crippen LogP contribution in [0.1, 0.15) is 0 Å². The van der Waals surface area contributed by atoms with Crippen LogP contribution >= 0.6 is 0 Å². The van der Waals surface area contributed by atoms with Crippen molar-refractivity contribution in [2.75, 3.05) is 0 Å². The zero-order chi connectivity index (χ0) is 38.1. The van der Waals surface area contributed by atoms with Crippen LogP contribution in [0, 0.1) is 6.57 Å². The van der Waals surface area contributed by atoms with Crippen molar-refractivity contribution in [1.29, 1.82) is 0 Å². The molecule has 0 aliphatic carbocycles. The lowest BCUT2D eigenvalue weighted by atomic mass is 10.0. The fraction of sp³-hybridized carbons (Fsp3) is 0. The van der Waals surface area contributed by atoms with Crippen LogP contribution in [-0.2, 0) is 0 Å². The summed E-state index contributed by atoms with van der Waals surface area (Å²) >= 11 is 0. The van der Waals surface area contributed by atoms with Gasteiger partial charge in [0.1, 0.15) is 11.2 Å². The van der Waals surface area contributed by atoms with E-state index >= 15 is 0 Å². The first kappa shape index (κ1) is 33.4. The van der Waals surface area contributed by atoms with Crippen molar-refractivity contribution in [3.05, 3.63) is 187 Å². The molecule has 10 rings (SSSR count). The highest BCUT2D eigenvalue weighted by Gasteiger charge is 2.19. The molecule has 0 aliphatic heterocycles. The molecule has 7 aromatic carbocycles. The highest BCUT2D eigenvalue weighted by Crippen LogP contribution is 2.38. The van der Waals surface area contributed by atoms with Gasteiger partial charge >= 0.3 is 0 Å². The molecule has 0 fully saturated rings. The lowest BCUT2D eigenvalue weighted by molar-refractivity contribution is 0.669. The predicted molar refractivity (Wildman–Crippen MR) is 225 cm³/mol. The lowest BCUT2D eigenvalue weighted by Crippen LogP contribution is -2.00. The van der Waals surface area contributed by atoms with E-state index in [1.54, 1.807) is 0 Å². The SMILES string of the molecule is [C-]#[N+]c1ccc(-c2ccc(-c3nc(-c4ccccc4)nc(-c4cccc5c4oc4cc(-c6nc(-c7ccccc7)nc(-c7ccccc7)n6)ccc45)n3)cc2)cc1. The van der Waals surface area contributed by atoms with E-state index in [0.29, 0.717) is 51.8 Å². The van der Waals surface area contributed by atoms with Crippen LogP contribution in [0.25, 0.3) is 106 Å². The summed E-state index contributed by atoms with van der Waals surface area (Å²) in [5.41, 5.74) is 9.12. The second-order valence-corrected chi connectivity index (χ2v) is 13.4. The fourth-order valence-corrected chi connectivity index (χ4v) is 6.93. The first-order chi connectivity index (χ1) is 28.2. The molecule has 0 spiro atoms. The van der Waals surface area contributed by atoms with E-state index in [4.69, 9.17) is 40.9 Å². The summed E-state index contributed by atoms with van der Waals surface area (Å²) in [6.07, 6.45) is 0. The summed E-state index contributed by atoms with van der Waals surface area (Å²) < 4.78 is 6.71. The Bertz CT molecular complexity index is 3050. The van der Waals surface area contributed by atoms with Crippen LogP contribution in [0.3, 0.4) is 0 Å². The molecule has 8 heteroatoms. The van der Waals surface area contributed by atoms with Crippen LogP contribution in [0.4, 0.5) is 5.69 Å². The standard InChI is InChI=1S/C49H29N7O/c1-50-38-27-24-32(25-28-38)31-20-22-36(23-21-31)47-52-46(35-16-9-4-10-17-35)55-49(56-47)41-19-11-18-40-39-29-26-37(30-42(39)57-43(40)41)48-53-44(33-12-5-2-6-13-33)51-45(54-48)34-14-7-3-8-15-34/h2-30H. The van der Waals surface area contributed by atoms with Crippen LogP contribution in [-0.4, -0.2) is 29.9 Å². The Hall–Kier alpha value is -8.15. The summed E-state index contributed by atoms with van der Waals surface area (Å²) in [6.45, 7) is 7.27. The molecule has 0 atom stereocenters. The Kier molecular flexibility index (Phi) is 8.36. The molecular weight excluding hydrogens is 703 g/mol. The zero-order valence-corrected chi connectivity index (χ0v) is 30.3. The Morgan fingerprint density at radius 2 is 0.772 bits per heavy atom. The van der Waals surface area contributed by atoms with Gasteiger partial charge in [0.25, 0.3) is 0 Å². The number of fused-ring (bicyclic) bond motifs is 3. The quantitative estimate of drug-likeness (QED) is 0.151. The molecule has 0 aliphatic rings. The van der Waals surface area contributed by atoms with Gasteiger partial charge in [0.05, 0.1) is 12.1 Å². The third-order valence-electron chi connectivity index (χ3n) is 9.84. The largest absolute Gasteiger partial charge is 0.455 e. The summed E-state index contributed by atoms with van der Waals surface area (Å²) in [4.78, 5) is 33.2. The Labute approximate surface area is 327 Å². The number of aromatic nitrogens is 6. The van der Waals surface area contributed by atoms with E-state index in [-0.39, 0.29) is 0 Å². The smallest absolute Gasteiger partial charge is 0.187 e. The number of benzene rings is 7. The number of para-hydroxylation sites is 1. The van der Waals surface area contributed by atoms with Crippen molar-refractivity contribution in [2.45, 2.75) is 0 Å². The van der Waals surface area contributed by atoms with Crippen LogP contribution in [0.2, 0.25) is 0 Å². The van der Waals surface area contributed by atoms with Gasteiger partial charge in [-0.05, 0) is 29.3 Å². The van der Waals surface area contributed by atoms with E-state index in [2.05, 4.69) is 17.0 Å². The third-order valence-corrected chi connectivity index (χ3v) is 9.84. The number of rotatable bonds is 7. The van der Waals surface area contributed by atoms with Gasteiger partial charge in [-0.2, -0.15) is 0 Å². The molecule has 0 saturated carbocycles. The molecular formula is C49H29N7O. The van der Waals surface area contributed by atoms with Gasteiger partial charge in [-0.25, -0.2) is 34.7 Å². The fourth-order valence-electron chi connectivity index (χ4n) is 6.93. The van der Waals surface area contributed by atoms with Crippen LogP contribution in [0.15, 0.2) is 180 Å². The molecule has 0 bridgehead atoms. The maximum absolute atomic E-state index is 7.27. The van der Waals surface area contributed by atoms with E-state index in [1.165, 1.54) is 0 Å². The second-order valence-electron chi connectivity index (χ2n) is 13.4. The van der Waals surface area contributed by atoms with Gasteiger partial charge in [0.2, 0.25) is 0 Å². The van der Waals surface area contributed by atoms with E-state index in [0.717, 1.165) is 55.3 Å². The minimum Gasteiger partial charge on any atom is -0.455 e. The normalized spacial score (nSPS) is 11.1. The van der Waals surface area contributed by atoms with E-state index in [1.807, 2.05) is 164 Å². The van der Waals surface area contributed by atoms with E-state index in [9.17, 15) is 0 Å². The maximum Gasteiger partial charge on any atom is 0.187 e. The molecule has 57 heavy (non-hydrogen) atoms.